The Labute approximate surface area is 146 Å². The maximum absolute atomic E-state index is 6.21. The van der Waals surface area contributed by atoms with Gasteiger partial charge in [0.05, 0.1) is 22.7 Å². The monoisotopic (exact) mass is 326 g/mol. The van der Waals surface area contributed by atoms with E-state index in [1.165, 1.54) is 11.1 Å². The third-order valence-corrected chi connectivity index (χ3v) is 4.45. The molecule has 0 aliphatic carbocycles. The van der Waals surface area contributed by atoms with Crippen LogP contribution in [-0.4, -0.2) is 26.2 Å². The predicted molar refractivity (Wildman–Crippen MR) is 107 cm³/mol. The maximum Gasteiger partial charge on any atom is 0.0600 e. The fraction of sp³-hybridized carbons (Fsp3) is 0.400. The van der Waals surface area contributed by atoms with Crippen LogP contribution in [0.5, 0.6) is 0 Å². The van der Waals surface area contributed by atoms with E-state index in [4.69, 9.17) is 11.5 Å². The minimum atomic E-state index is 0.842. The predicted octanol–water partition coefficient (Wildman–Crippen LogP) is 3.82. The Balaban J connectivity index is 2.13. The number of rotatable bonds is 7. The van der Waals surface area contributed by atoms with Crippen molar-refractivity contribution in [3.05, 3.63) is 47.5 Å². The van der Waals surface area contributed by atoms with Gasteiger partial charge in [-0.25, -0.2) is 0 Å². The molecule has 0 radical (unpaired) electrons. The zero-order chi connectivity index (χ0) is 17.7. The fourth-order valence-corrected chi connectivity index (χ4v) is 3.06. The minimum Gasteiger partial charge on any atom is -0.397 e. The molecule has 0 unspecified atom stereocenters. The molecule has 0 saturated carbocycles. The molecule has 24 heavy (non-hydrogen) atoms. The topological polar surface area (TPSA) is 58.5 Å². The molecule has 4 nitrogen and oxygen atoms in total. The van der Waals surface area contributed by atoms with E-state index in [1.807, 2.05) is 12.1 Å². The van der Waals surface area contributed by atoms with Crippen LogP contribution in [-0.2, 0) is 0 Å². The molecule has 0 heterocycles. The summed E-state index contributed by atoms with van der Waals surface area (Å²) >= 11 is 0. The third-order valence-electron chi connectivity index (χ3n) is 4.45. The van der Waals surface area contributed by atoms with Gasteiger partial charge in [0.25, 0.3) is 0 Å². The number of aryl methyl sites for hydroxylation is 2. The van der Waals surface area contributed by atoms with Gasteiger partial charge in [-0.3, -0.25) is 0 Å². The zero-order valence-corrected chi connectivity index (χ0v) is 15.3. The van der Waals surface area contributed by atoms with Crippen LogP contribution in [0.25, 0.3) is 0 Å². The van der Waals surface area contributed by atoms with E-state index in [0.717, 1.165) is 48.9 Å². The molecule has 0 fully saturated rings. The van der Waals surface area contributed by atoms with E-state index in [0.29, 0.717) is 0 Å². The average molecular weight is 326 g/mol. The molecular formula is C20H30N4. The molecule has 0 amide bonds. The zero-order valence-electron chi connectivity index (χ0n) is 15.3. The van der Waals surface area contributed by atoms with Crippen molar-refractivity contribution in [1.29, 1.82) is 0 Å². The molecule has 2 rings (SSSR count). The summed E-state index contributed by atoms with van der Waals surface area (Å²) in [6.07, 6.45) is 0. The number of nitrogens with zero attached hydrogens (tertiary/aromatic N) is 2. The quantitative estimate of drug-likeness (QED) is 0.759. The molecular weight excluding hydrogens is 296 g/mol. The third kappa shape index (κ3) is 4.13. The number of anilines is 4. The van der Waals surface area contributed by atoms with Gasteiger partial charge < -0.3 is 21.3 Å². The molecule has 0 saturated heterocycles. The average Bonchev–Trinajstić information content (AvgIpc) is 2.54. The normalized spacial score (nSPS) is 10.7. The van der Waals surface area contributed by atoms with E-state index in [2.05, 4.69) is 61.8 Å². The first-order valence-electron chi connectivity index (χ1n) is 8.68. The summed E-state index contributed by atoms with van der Waals surface area (Å²) in [5, 5.41) is 0. The second-order valence-corrected chi connectivity index (χ2v) is 6.28. The van der Waals surface area contributed by atoms with Gasteiger partial charge in [-0.2, -0.15) is 0 Å². The minimum absolute atomic E-state index is 0.842. The lowest BCUT2D eigenvalue weighted by Crippen LogP contribution is -2.35. The van der Waals surface area contributed by atoms with Crippen LogP contribution < -0.4 is 21.3 Å². The lowest BCUT2D eigenvalue weighted by atomic mass is 10.1. The summed E-state index contributed by atoms with van der Waals surface area (Å²) in [5.41, 5.74) is 18.7. The lowest BCUT2D eigenvalue weighted by Gasteiger charge is -2.30. The van der Waals surface area contributed by atoms with Crippen molar-refractivity contribution in [2.75, 3.05) is 47.4 Å². The molecule has 4 N–H and O–H groups in total. The highest BCUT2D eigenvalue weighted by atomic mass is 15.2. The first-order chi connectivity index (χ1) is 11.5. The van der Waals surface area contributed by atoms with E-state index >= 15 is 0 Å². The highest BCUT2D eigenvalue weighted by molar-refractivity contribution is 5.70. The molecule has 0 aromatic heterocycles. The van der Waals surface area contributed by atoms with Crippen LogP contribution in [0.3, 0.4) is 0 Å². The van der Waals surface area contributed by atoms with Gasteiger partial charge in [-0.05, 0) is 63.1 Å². The Hall–Kier alpha value is -2.36. The molecule has 0 bridgehead atoms. The first kappa shape index (κ1) is 18.0. The van der Waals surface area contributed by atoms with Crippen molar-refractivity contribution in [3.63, 3.8) is 0 Å². The maximum atomic E-state index is 6.21. The van der Waals surface area contributed by atoms with Crippen molar-refractivity contribution < 1.29 is 0 Å². The molecule has 2 aromatic carbocycles. The van der Waals surface area contributed by atoms with Gasteiger partial charge in [0, 0.05) is 26.2 Å². The highest BCUT2D eigenvalue weighted by Gasteiger charge is 2.12. The number of hydrogen-bond donors (Lipinski definition) is 2. The van der Waals surface area contributed by atoms with Crippen LogP contribution in [0.2, 0.25) is 0 Å². The highest BCUT2D eigenvalue weighted by Crippen LogP contribution is 2.26. The first-order valence-corrected chi connectivity index (χ1v) is 8.68. The van der Waals surface area contributed by atoms with E-state index in [-0.39, 0.29) is 0 Å². The molecule has 4 heteroatoms. The lowest BCUT2D eigenvalue weighted by molar-refractivity contribution is 0.755. The Kier molecular flexibility index (Phi) is 5.96. The largest absolute Gasteiger partial charge is 0.397 e. The van der Waals surface area contributed by atoms with Gasteiger partial charge in [0.1, 0.15) is 0 Å². The van der Waals surface area contributed by atoms with Crippen LogP contribution in [0.4, 0.5) is 22.7 Å². The number of likely N-dealkylation sites (N-methyl/N-ethyl adjacent to an activating group) is 2. The molecule has 130 valence electrons. The molecule has 2 aromatic rings. The molecule has 0 spiro atoms. The van der Waals surface area contributed by atoms with Gasteiger partial charge in [0.15, 0.2) is 0 Å². The Morgan fingerprint density at radius 2 is 1.08 bits per heavy atom. The Morgan fingerprint density at radius 1 is 0.708 bits per heavy atom. The van der Waals surface area contributed by atoms with Crippen molar-refractivity contribution >= 4 is 22.7 Å². The van der Waals surface area contributed by atoms with Crippen molar-refractivity contribution in [3.8, 4) is 0 Å². The molecule has 0 aliphatic rings. The standard InChI is InChI=1S/C20H30N4/c1-5-23(19-9-7-15(3)13-17(19)21)11-12-24(6-2)20-10-8-16(4)14-18(20)22/h7-10,13-14H,5-6,11-12,21-22H2,1-4H3. The number of nitrogens with two attached hydrogens (primary N) is 2. The number of benzene rings is 2. The summed E-state index contributed by atoms with van der Waals surface area (Å²) in [6.45, 7) is 12.1. The second kappa shape index (κ2) is 7.95. The van der Waals surface area contributed by atoms with Gasteiger partial charge in [0.2, 0.25) is 0 Å². The van der Waals surface area contributed by atoms with Crippen molar-refractivity contribution in [2.45, 2.75) is 27.7 Å². The summed E-state index contributed by atoms with van der Waals surface area (Å²) in [7, 11) is 0. The smallest absolute Gasteiger partial charge is 0.0600 e. The van der Waals surface area contributed by atoms with Gasteiger partial charge in [-0.15, -0.1) is 0 Å². The number of hydrogen-bond acceptors (Lipinski definition) is 4. The summed E-state index contributed by atoms with van der Waals surface area (Å²) in [5.74, 6) is 0. The SMILES string of the molecule is CCN(CCN(CC)c1ccc(C)cc1N)c1ccc(C)cc1N. The van der Waals surface area contributed by atoms with E-state index < -0.39 is 0 Å². The van der Waals surface area contributed by atoms with Crippen LogP contribution in [0.1, 0.15) is 25.0 Å². The molecule has 0 atom stereocenters. The number of nitrogen functional groups attached to an aromatic ring is 2. The summed E-state index contributed by atoms with van der Waals surface area (Å²) in [6, 6.07) is 12.5. The van der Waals surface area contributed by atoms with Gasteiger partial charge in [-0.1, -0.05) is 12.1 Å². The van der Waals surface area contributed by atoms with Crippen molar-refractivity contribution in [2.24, 2.45) is 0 Å². The molecule has 0 aliphatic heterocycles. The Morgan fingerprint density at radius 3 is 1.38 bits per heavy atom. The Bertz CT molecular complexity index is 622. The van der Waals surface area contributed by atoms with E-state index in [9.17, 15) is 0 Å². The van der Waals surface area contributed by atoms with Crippen molar-refractivity contribution in [1.82, 2.24) is 0 Å². The summed E-state index contributed by atoms with van der Waals surface area (Å²) < 4.78 is 0. The van der Waals surface area contributed by atoms with Gasteiger partial charge >= 0.3 is 0 Å². The van der Waals surface area contributed by atoms with Crippen LogP contribution in [0, 0.1) is 13.8 Å². The van der Waals surface area contributed by atoms with Crippen LogP contribution >= 0.6 is 0 Å². The fourth-order valence-electron chi connectivity index (χ4n) is 3.06. The summed E-state index contributed by atoms with van der Waals surface area (Å²) in [4.78, 5) is 4.64. The van der Waals surface area contributed by atoms with E-state index in [1.54, 1.807) is 0 Å². The van der Waals surface area contributed by atoms with Crippen LogP contribution in [0.15, 0.2) is 36.4 Å². The second-order valence-electron chi connectivity index (χ2n) is 6.28.